The third-order valence-electron chi connectivity index (χ3n) is 5.36. The standard InChI is InChI=1S/C22H28N6O2/c1-3-28(4-2)21-8-5-16(14-23-21)22(29)24-17-6-7-18-19(13-17)26-20(25-18)15-27-9-11-30-12-10-27/h5-8,13-14H,3-4,9-12,15H2,1-2H3,(H,24,29)(H,25,26). The van der Waals surface area contributed by atoms with Gasteiger partial charge in [-0.3, -0.25) is 9.69 Å². The summed E-state index contributed by atoms with van der Waals surface area (Å²) in [6, 6.07) is 9.41. The molecule has 0 saturated carbocycles. The molecule has 158 valence electrons. The number of pyridine rings is 1. The van der Waals surface area contributed by atoms with Crippen molar-refractivity contribution in [3.63, 3.8) is 0 Å². The topological polar surface area (TPSA) is 86.4 Å². The number of nitrogens with one attached hydrogen (secondary N) is 2. The Balaban J connectivity index is 1.43. The van der Waals surface area contributed by atoms with Crippen LogP contribution in [0.1, 0.15) is 30.0 Å². The Morgan fingerprint density at radius 2 is 2.00 bits per heavy atom. The number of hydrogen-bond acceptors (Lipinski definition) is 6. The van der Waals surface area contributed by atoms with Gasteiger partial charge in [0.05, 0.1) is 36.4 Å². The molecule has 0 radical (unpaired) electrons. The van der Waals surface area contributed by atoms with Gasteiger partial charge in [0.1, 0.15) is 11.6 Å². The van der Waals surface area contributed by atoms with Crippen LogP contribution in [0.15, 0.2) is 36.5 Å². The van der Waals surface area contributed by atoms with Crippen molar-refractivity contribution in [1.29, 1.82) is 0 Å². The van der Waals surface area contributed by atoms with Crippen molar-refractivity contribution in [2.75, 3.05) is 49.6 Å². The second-order valence-electron chi connectivity index (χ2n) is 7.34. The maximum absolute atomic E-state index is 12.6. The van der Waals surface area contributed by atoms with Crippen LogP contribution < -0.4 is 10.2 Å². The Morgan fingerprint density at radius 1 is 1.20 bits per heavy atom. The molecule has 1 aliphatic heterocycles. The van der Waals surface area contributed by atoms with Crippen LogP contribution in [0.25, 0.3) is 11.0 Å². The predicted octanol–water partition coefficient (Wildman–Crippen LogP) is 2.89. The number of ether oxygens (including phenoxy) is 1. The lowest BCUT2D eigenvalue weighted by Gasteiger charge is -2.25. The highest BCUT2D eigenvalue weighted by Gasteiger charge is 2.14. The van der Waals surface area contributed by atoms with Crippen molar-refractivity contribution >= 4 is 28.4 Å². The molecule has 4 rings (SSSR count). The Kier molecular flexibility index (Phi) is 6.25. The zero-order valence-electron chi connectivity index (χ0n) is 17.5. The van der Waals surface area contributed by atoms with Gasteiger partial charge in [-0.1, -0.05) is 0 Å². The molecule has 0 spiro atoms. The van der Waals surface area contributed by atoms with E-state index in [1.54, 1.807) is 6.20 Å². The maximum Gasteiger partial charge on any atom is 0.257 e. The molecule has 1 saturated heterocycles. The molecule has 3 aromatic rings. The van der Waals surface area contributed by atoms with Crippen molar-refractivity contribution in [3.05, 3.63) is 47.9 Å². The van der Waals surface area contributed by atoms with Crippen LogP contribution in [-0.4, -0.2) is 65.2 Å². The summed E-state index contributed by atoms with van der Waals surface area (Å²) in [6.45, 7) is 10.1. The van der Waals surface area contributed by atoms with E-state index < -0.39 is 0 Å². The van der Waals surface area contributed by atoms with Crippen LogP contribution in [0.2, 0.25) is 0 Å². The highest BCUT2D eigenvalue weighted by molar-refractivity contribution is 6.04. The molecule has 1 fully saturated rings. The summed E-state index contributed by atoms with van der Waals surface area (Å²) in [5.41, 5.74) is 3.05. The van der Waals surface area contributed by atoms with Crippen LogP contribution in [-0.2, 0) is 11.3 Å². The van der Waals surface area contributed by atoms with Crippen LogP contribution in [0, 0.1) is 0 Å². The quantitative estimate of drug-likeness (QED) is 0.625. The van der Waals surface area contributed by atoms with Gasteiger partial charge in [-0.25, -0.2) is 9.97 Å². The summed E-state index contributed by atoms with van der Waals surface area (Å²) in [6.07, 6.45) is 1.62. The average Bonchev–Trinajstić information content (AvgIpc) is 3.17. The van der Waals surface area contributed by atoms with E-state index in [9.17, 15) is 4.79 Å². The van der Waals surface area contributed by atoms with Crippen molar-refractivity contribution in [2.24, 2.45) is 0 Å². The number of aromatic nitrogens is 3. The van der Waals surface area contributed by atoms with Crippen molar-refractivity contribution in [1.82, 2.24) is 19.9 Å². The molecule has 8 nitrogen and oxygen atoms in total. The number of carbonyl (C=O) groups is 1. The van der Waals surface area contributed by atoms with Gasteiger partial charge in [0.25, 0.3) is 5.91 Å². The maximum atomic E-state index is 12.6. The number of H-pyrrole nitrogens is 1. The number of imidazole rings is 1. The zero-order chi connectivity index (χ0) is 20.9. The molecule has 2 N–H and O–H groups in total. The monoisotopic (exact) mass is 408 g/mol. The third kappa shape index (κ3) is 4.60. The summed E-state index contributed by atoms with van der Waals surface area (Å²) in [5, 5.41) is 2.95. The van der Waals surface area contributed by atoms with Crippen LogP contribution in [0.4, 0.5) is 11.5 Å². The molecular weight excluding hydrogens is 380 g/mol. The molecule has 1 aromatic carbocycles. The highest BCUT2D eigenvalue weighted by atomic mass is 16.5. The third-order valence-corrected chi connectivity index (χ3v) is 5.36. The van der Waals surface area contributed by atoms with Gasteiger partial charge in [0.2, 0.25) is 0 Å². The Morgan fingerprint density at radius 3 is 2.70 bits per heavy atom. The van der Waals surface area contributed by atoms with E-state index in [0.29, 0.717) is 5.56 Å². The van der Waals surface area contributed by atoms with E-state index in [2.05, 4.69) is 43.9 Å². The molecule has 1 amide bonds. The molecular formula is C22H28N6O2. The Bertz CT molecular complexity index is 991. The second-order valence-corrected chi connectivity index (χ2v) is 7.34. The molecule has 1 aliphatic rings. The SMILES string of the molecule is CCN(CC)c1ccc(C(=O)Nc2ccc3nc(CN4CCOCC4)[nH]c3c2)cn1. The molecule has 30 heavy (non-hydrogen) atoms. The van der Waals surface area contributed by atoms with Gasteiger partial charge < -0.3 is 19.9 Å². The lowest BCUT2D eigenvalue weighted by molar-refractivity contribution is 0.0332. The van der Waals surface area contributed by atoms with Gasteiger partial charge in [-0.05, 0) is 44.2 Å². The number of anilines is 2. The number of carbonyl (C=O) groups excluding carboxylic acids is 1. The molecule has 2 aromatic heterocycles. The minimum atomic E-state index is -0.180. The molecule has 0 bridgehead atoms. The number of nitrogens with zero attached hydrogens (tertiary/aromatic N) is 4. The molecule has 3 heterocycles. The van der Waals surface area contributed by atoms with Gasteiger partial charge in [0, 0.05) is 38.1 Å². The lowest BCUT2D eigenvalue weighted by atomic mass is 10.2. The fourth-order valence-corrected chi connectivity index (χ4v) is 3.64. The van der Waals surface area contributed by atoms with Crippen LogP contribution in [0.5, 0.6) is 0 Å². The lowest BCUT2D eigenvalue weighted by Crippen LogP contribution is -2.35. The van der Waals surface area contributed by atoms with E-state index in [4.69, 9.17) is 4.74 Å². The van der Waals surface area contributed by atoms with E-state index in [1.165, 1.54) is 0 Å². The van der Waals surface area contributed by atoms with E-state index in [-0.39, 0.29) is 5.91 Å². The zero-order valence-corrected chi connectivity index (χ0v) is 17.5. The largest absolute Gasteiger partial charge is 0.379 e. The van der Waals surface area contributed by atoms with Gasteiger partial charge in [0.15, 0.2) is 0 Å². The predicted molar refractivity (Wildman–Crippen MR) is 118 cm³/mol. The van der Waals surface area contributed by atoms with Crippen molar-refractivity contribution < 1.29 is 9.53 Å². The summed E-state index contributed by atoms with van der Waals surface area (Å²) >= 11 is 0. The van der Waals surface area contributed by atoms with Gasteiger partial charge >= 0.3 is 0 Å². The van der Waals surface area contributed by atoms with Crippen LogP contribution >= 0.6 is 0 Å². The van der Waals surface area contributed by atoms with Gasteiger partial charge in [-0.15, -0.1) is 0 Å². The second kappa shape index (κ2) is 9.23. The number of aromatic amines is 1. The van der Waals surface area contributed by atoms with Crippen LogP contribution in [0.3, 0.4) is 0 Å². The molecule has 0 aliphatic carbocycles. The number of amides is 1. The van der Waals surface area contributed by atoms with E-state index >= 15 is 0 Å². The number of morpholine rings is 1. The fourth-order valence-electron chi connectivity index (χ4n) is 3.64. The Hall–Kier alpha value is -2.97. The number of benzene rings is 1. The highest BCUT2D eigenvalue weighted by Crippen LogP contribution is 2.19. The van der Waals surface area contributed by atoms with Crippen molar-refractivity contribution in [2.45, 2.75) is 20.4 Å². The molecule has 0 atom stereocenters. The summed E-state index contributed by atoms with van der Waals surface area (Å²) in [4.78, 5) is 29.5. The first-order valence-corrected chi connectivity index (χ1v) is 10.5. The first-order valence-electron chi connectivity index (χ1n) is 10.5. The van der Waals surface area contributed by atoms with Gasteiger partial charge in [-0.2, -0.15) is 0 Å². The van der Waals surface area contributed by atoms with Crippen molar-refractivity contribution in [3.8, 4) is 0 Å². The summed E-state index contributed by atoms with van der Waals surface area (Å²) < 4.78 is 5.40. The number of fused-ring (bicyclic) bond motifs is 1. The minimum absolute atomic E-state index is 0.180. The minimum Gasteiger partial charge on any atom is -0.379 e. The summed E-state index contributed by atoms with van der Waals surface area (Å²) in [5.74, 6) is 1.62. The average molecular weight is 409 g/mol. The first-order chi connectivity index (χ1) is 14.7. The fraction of sp³-hybridized carbons (Fsp3) is 0.409. The van der Waals surface area contributed by atoms with E-state index in [0.717, 1.165) is 74.3 Å². The first kappa shape index (κ1) is 20.3. The Labute approximate surface area is 176 Å². The normalized spacial score (nSPS) is 14.7. The molecule has 8 heteroatoms. The number of rotatable bonds is 7. The van der Waals surface area contributed by atoms with E-state index in [1.807, 2.05) is 30.3 Å². The summed E-state index contributed by atoms with van der Waals surface area (Å²) in [7, 11) is 0. The number of hydrogen-bond donors (Lipinski definition) is 2. The smallest absolute Gasteiger partial charge is 0.257 e. The molecule has 0 unspecified atom stereocenters.